The van der Waals surface area contributed by atoms with Crippen LogP contribution in [0.2, 0.25) is 0 Å². The van der Waals surface area contributed by atoms with Gasteiger partial charge in [-0.05, 0) is 18.2 Å². The van der Waals surface area contributed by atoms with Gasteiger partial charge in [-0.1, -0.05) is 0 Å². The second-order valence-electron chi connectivity index (χ2n) is 8.03. The molecule has 0 saturated carbocycles. The van der Waals surface area contributed by atoms with Crippen molar-refractivity contribution in [2.75, 3.05) is 6.61 Å². The molecule has 1 fully saturated rings. The van der Waals surface area contributed by atoms with Gasteiger partial charge < -0.3 is 54.4 Å². The number of rotatable bonds is 5. The van der Waals surface area contributed by atoms with Crippen LogP contribution in [0.5, 0.6) is 28.7 Å². The summed E-state index contributed by atoms with van der Waals surface area (Å²) in [4.78, 5) is 24.9. The van der Waals surface area contributed by atoms with Crippen molar-refractivity contribution in [1.29, 1.82) is 0 Å². The Bertz CT molecular complexity index is 1360. The molecule has 1 aromatic heterocycles. The lowest BCUT2D eigenvalue weighted by atomic mass is 9.99. The van der Waals surface area contributed by atoms with Crippen LogP contribution in [0.15, 0.2) is 39.5 Å². The molecule has 1 saturated heterocycles. The number of hydrogen-bond acceptors (Lipinski definition) is 13. The van der Waals surface area contributed by atoms with Gasteiger partial charge in [0.1, 0.15) is 34.7 Å². The van der Waals surface area contributed by atoms with E-state index in [9.17, 15) is 45.3 Å². The molecule has 2 aromatic carbocycles. The van der Waals surface area contributed by atoms with Crippen molar-refractivity contribution in [1.82, 2.24) is 0 Å². The summed E-state index contributed by atoms with van der Waals surface area (Å²) in [7, 11) is 0. The quantitative estimate of drug-likeness (QED) is 0.180. The van der Waals surface area contributed by atoms with Crippen molar-refractivity contribution in [3.05, 3.63) is 40.6 Å². The molecule has 13 nitrogen and oxygen atoms in total. The van der Waals surface area contributed by atoms with Crippen molar-refractivity contribution in [2.24, 2.45) is 0 Å². The molecule has 0 bridgehead atoms. The van der Waals surface area contributed by atoms with Gasteiger partial charge in [0.2, 0.25) is 17.5 Å². The van der Waals surface area contributed by atoms with Crippen LogP contribution in [0.25, 0.3) is 22.3 Å². The molecule has 0 radical (unpaired) electrons. The van der Waals surface area contributed by atoms with Crippen molar-refractivity contribution < 1.29 is 59.2 Å². The first kappa shape index (κ1) is 25.1. The van der Waals surface area contributed by atoms with Crippen LogP contribution in [0.1, 0.15) is 6.92 Å². The van der Waals surface area contributed by atoms with Crippen LogP contribution < -0.4 is 10.2 Å². The molecule has 36 heavy (non-hydrogen) atoms. The van der Waals surface area contributed by atoms with E-state index in [4.69, 9.17) is 18.6 Å². The second-order valence-corrected chi connectivity index (χ2v) is 8.03. The Morgan fingerprint density at radius 2 is 1.72 bits per heavy atom. The van der Waals surface area contributed by atoms with Crippen molar-refractivity contribution in [2.45, 2.75) is 37.6 Å². The Hall–Kier alpha value is -4.04. The van der Waals surface area contributed by atoms with Gasteiger partial charge in [0.25, 0.3) is 0 Å². The number of benzene rings is 2. The summed E-state index contributed by atoms with van der Waals surface area (Å²) in [6.45, 7) is 0.265. The predicted octanol–water partition coefficient (Wildman–Crippen LogP) is 0.0319. The SMILES string of the molecule is CC(=O)O[C@H]1[C@@H](O)[C@@H](CO)O[C@@H](Oc2c(-c3ccc(O)c(O)c3)oc3cc(O)cc(O)c3c2=O)[C@@H]1O. The van der Waals surface area contributed by atoms with E-state index in [2.05, 4.69) is 0 Å². The van der Waals surface area contributed by atoms with Gasteiger partial charge in [-0.3, -0.25) is 9.59 Å². The van der Waals surface area contributed by atoms with E-state index in [0.29, 0.717) is 0 Å². The Labute approximate surface area is 201 Å². The number of phenols is 4. The molecule has 0 spiro atoms. The van der Waals surface area contributed by atoms with Gasteiger partial charge in [-0.15, -0.1) is 0 Å². The summed E-state index contributed by atoms with van der Waals surface area (Å²) < 4.78 is 21.7. The topological polar surface area (TPSA) is 217 Å². The normalized spacial score (nSPS) is 23.9. The maximum atomic E-state index is 13.4. The molecular weight excluding hydrogens is 484 g/mol. The van der Waals surface area contributed by atoms with Crippen LogP contribution in [0, 0.1) is 0 Å². The van der Waals surface area contributed by atoms with E-state index in [-0.39, 0.29) is 16.9 Å². The average Bonchev–Trinajstić information content (AvgIpc) is 2.81. The van der Waals surface area contributed by atoms with E-state index in [1.54, 1.807) is 0 Å². The maximum absolute atomic E-state index is 13.4. The zero-order valence-electron chi connectivity index (χ0n) is 18.6. The van der Waals surface area contributed by atoms with Gasteiger partial charge in [0, 0.05) is 24.6 Å². The van der Waals surface area contributed by atoms with Crippen molar-refractivity contribution in [3.63, 3.8) is 0 Å². The Kier molecular flexibility index (Phi) is 6.65. The number of aliphatic hydroxyl groups is 3. The minimum atomic E-state index is -1.85. The van der Waals surface area contributed by atoms with E-state index in [0.717, 1.165) is 31.2 Å². The molecule has 5 atom stereocenters. The molecule has 3 aromatic rings. The largest absolute Gasteiger partial charge is 0.508 e. The molecule has 0 aliphatic carbocycles. The predicted molar refractivity (Wildman–Crippen MR) is 119 cm³/mol. The van der Waals surface area contributed by atoms with Crippen molar-refractivity contribution >= 4 is 16.9 Å². The fourth-order valence-corrected chi connectivity index (χ4v) is 3.83. The van der Waals surface area contributed by atoms with Gasteiger partial charge >= 0.3 is 5.97 Å². The summed E-state index contributed by atoms with van der Waals surface area (Å²) in [6.07, 6.45) is -8.27. The minimum Gasteiger partial charge on any atom is -0.508 e. The smallest absolute Gasteiger partial charge is 0.303 e. The third kappa shape index (κ3) is 4.47. The lowest BCUT2D eigenvalue weighted by molar-refractivity contribution is -0.281. The highest BCUT2D eigenvalue weighted by molar-refractivity contribution is 5.88. The average molecular weight is 506 g/mol. The lowest BCUT2D eigenvalue weighted by Crippen LogP contribution is -2.61. The molecular formula is C23H22O13. The number of aliphatic hydroxyl groups excluding tert-OH is 3. The summed E-state index contributed by atoms with van der Waals surface area (Å²) >= 11 is 0. The highest BCUT2D eigenvalue weighted by Gasteiger charge is 2.48. The molecule has 2 heterocycles. The first-order valence-electron chi connectivity index (χ1n) is 10.5. The Balaban J connectivity index is 1.88. The molecule has 0 amide bonds. The molecule has 192 valence electrons. The number of fused-ring (bicyclic) bond motifs is 1. The van der Waals surface area contributed by atoms with Gasteiger partial charge in [0.15, 0.2) is 29.5 Å². The van der Waals surface area contributed by atoms with Crippen LogP contribution >= 0.6 is 0 Å². The Morgan fingerprint density at radius 3 is 2.36 bits per heavy atom. The minimum absolute atomic E-state index is 0.00251. The molecule has 4 rings (SSSR count). The van der Waals surface area contributed by atoms with Crippen molar-refractivity contribution in [3.8, 4) is 40.1 Å². The number of carbonyl (C=O) groups excluding carboxylic acids is 1. The first-order valence-corrected chi connectivity index (χ1v) is 10.5. The Morgan fingerprint density at radius 1 is 1.00 bits per heavy atom. The fraction of sp³-hybridized carbons (Fsp3) is 0.304. The number of phenolic OH excluding ortho intramolecular Hbond substituents is 4. The maximum Gasteiger partial charge on any atom is 0.303 e. The number of hydrogen-bond donors (Lipinski definition) is 7. The third-order valence-electron chi connectivity index (χ3n) is 5.51. The number of carbonyl (C=O) groups is 1. The summed E-state index contributed by atoms with van der Waals surface area (Å²) in [6, 6.07) is 5.32. The second kappa shape index (κ2) is 9.54. The fourth-order valence-electron chi connectivity index (χ4n) is 3.83. The number of aromatic hydroxyl groups is 4. The van der Waals surface area contributed by atoms with Crippen LogP contribution in [0.3, 0.4) is 0 Å². The zero-order valence-corrected chi connectivity index (χ0v) is 18.6. The molecule has 13 heteroatoms. The lowest BCUT2D eigenvalue weighted by Gasteiger charge is -2.41. The standard InChI is InChI=1S/C23H22O13/c1-8(25)33-21-17(30)15(7-24)35-23(19(21)32)36-22-18(31)16-13(29)5-10(26)6-14(16)34-20(22)9-2-3-11(27)12(28)4-9/h2-6,15,17,19,21,23-24,26-30,32H,7H2,1H3/t15-,17+,19-,21+,23+/m1/s1. The summed E-state index contributed by atoms with van der Waals surface area (Å²) in [5.74, 6) is -4.00. The highest BCUT2D eigenvalue weighted by atomic mass is 16.7. The van der Waals surface area contributed by atoms with Crippen LogP contribution in [0.4, 0.5) is 0 Å². The van der Waals surface area contributed by atoms with Gasteiger partial charge in [-0.2, -0.15) is 0 Å². The summed E-state index contributed by atoms with van der Waals surface area (Å²) in [5, 5.41) is 69.9. The van der Waals surface area contributed by atoms with Gasteiger partial charge in [-0.25, -0.2) is 0 Å². The molecule has 1 aliphatic rings. The van der Waals surface area contributed by atoms with E-state index >= 15 is 0 Å². The van der Waals surface area contributed by atoms with Crippen LogP contribution in [-0.4, -0.2) is 79.0 Å². The number of ether oxygens (including phenoxy) is 3. The van der Waals surface area contributed by atoms with Crippen LogP contribution in [-0.2, 0) is 14.3 Å². The zero-order chi connectivity index (χ0) is 26.3. The highest BCUT2D eigenvalue weighted by Crippen LogP contribution is 2.39. The van der Waals surface area contributed by atoms with E-state index in [1.165, 1.54) is 6.07 Å². The summed E-state index contributed by atoms with van der Waals surface area (Å²) in [5.41, 5.74) is -1.25. The molecule has 7 N–H and O–H groups in total. The third-order valence-corrected chi connectivity index (χ3v) is 5.51. The molecule has 1 aliphatic heterocycles. The van der Waals surface area contributed by atoms with E-state index < -0.39 is 82.8 Å². The monoisotopic (exact) mass is 506 g/mol. The van der Waals surface area contributed by atoms with Gasteiger partial charge in [0.05, 0.1) is 6.61 Å². The van der Waals surface area contributed by atoms with E-state index in [1.807, 2.05) is 0 Å². The number of esters is 1. The first-order chi connectivity index (χ1) is 17.0. The molecule has 0 unspecified atom stereocenters.